The number of aryl methyl sites for hydroxylation is 2. The molecular weight excluding hydrogens is 376 g/mol. The molecule has 3 heterocycles. The van der Waals surface area contributed by atoms with Crippen molar-refractivity contribution in [3.63, 3.8) is 0 Å². The average Bonchev–Trinajstić information content (AvgIpc) is 3.32. The van der Waals surface area contributed by atoms with Gasteiger partial charge in [-0.1, -0.05) is 29.4 Å². The van der Waals surface area contributed by atoms with E-state index in [0.29, 0.717) is 27.7 Å². The second kappa shape index (κ2) is 6.93. The van der Waals surface area contributed by atoms with Gasteiger partial charge in [0.15, 0.2) is 0 Å². The normalized spacial score (nSPS) is 11.2. The minimum absolute atomic E-state index is 0.434. The van der Waals surface area contributed by atoms with Crippen molar-refractivity contribution >= 4 is 23.4 Å². The largest absolute Gasteiger partial charge is 0.466 e. The van der Waals surface area contributed by atoms with Gasteiger partial charge in [-0.2, -0.15) is 4.68 Å². The Hall–Kier alpha value is -2.65. The maximum atomic E-state index is 6.03. The van der Waals surface area contributed by atoms with Crippen LogP contribution in [0.2, 0.25) is 5.02 Å². The van der Waals surface area contributed by atoms with Crippen molar-refractivity contribution in [2.45, 2.75) is 24.8 Å². The van der Waals surface area contributed by atoms with E-state index in [4.69, 9.17) is 20.4 Å². The molecule has 0 aliphatic carbocycles. The van der Waals surface area contributed by atoms with E-state index in [9.17, 15) is 0 Å². The average molecular weight is 389 g/mol. The number of hydrogen-bond donors (Lipinski definition) is 0. The number of nitrogens with zero attached hydrogens (tertiary/aromatic N) is 6. The quantitative estimate of drug-likeness (QED) is 0.475. The highest BCUT2D eigenvalue weighted by atomic mass is 35.5. The van der Waals surface area contributed by atoms with E-state index in [1.54, 1.807) is 16.8 Å². The molecule has 0 fully saturated rings. The van der Waals surface area contributed by atoms with Crippen molar-refractivity contribution in [3.05, 3.63) is 52.8 Å². The molecule has 0 saturated carbocycles. The Morgan fingerprint density at radius 1 is 1.12 bits per heavy atom. The van der Waals surface area contributed by atoms with E-state index in [-0.39, 0.29) is 0 Å². The van der Waals surface area contributed by atoms with Crippen LogP contribution in [0, 0.1) is 13.8 Å². The van der Waals surface area contributed by atoms with E-state index in [2.05, 4.69) is 25.7 Å². The number of hydrogen-bond acceptors (Lipinski definition) is 8. The summed E-state index contributed by atoms with van der Waals surface area (Å²) in [5.74, 6) is 2.89. The summed E-state index contributed by atoms with van der Waals surface area (Å²) in [7, 11) is 0. The molecule has 0 spiro atoms. The lowest BCUT2D eigenvalue weighted by molar-refractivity contribution is 0.499. The van der Waals surface area contributed by atoms with Gasteiger partial charge in [0.25, 0.3) is 5.89 Å². The van der Waals surface area contributed by atoms with Gasteiger partial charge >= 0.3 is 0 Å². The fourth-order valence-electron chi connectivity index (χ4n) is 2.43. The molecule has 0 unspecified atom stereocenters. The van der Waals surface area contributed by atoms with Crippen LogP contribution in [0.1, 0.15) is 17.4 Å². The Bertz CT molecular complexity index is 1060. The van der Waals surface area contributed by atoms with Gasteiger partial charge < -0.3 is 8.83 Å². The van der Waals surface area contributed by atoms with Crippen LogP contribution in [0.3, 0.4) is 0 Å². The summed E-state index contributed by atoms with van der Waals surface area (Å²) < 4.78 is 12.8. The molecule has 4 aromatic rings. The number of furan rings is 1. The van der Waals surface area contributed by atoms with Gasteiger partial charge in [-0.25, -0.2) is 0 Å². The van der Waals surface area contributed by atoms with Crippen LogP contribution in [0.4, 0.5) is 0 Å². The van der Waals surface area contributed by atoms with Crippen LogP contribution in [0.25, 0.3) is 17.1 Å². The molecule has 0 radical (unpaired) electrons. The Morgan fingerprint density at radius 3 is 2.77 bits per heavy atom. The minimum atomic E-state index is 0.434. The summed E-state index contributed by atoms with van der Waals surface area (Å²) >= 11 is 7.42. The molecule has 0 N–H and O–H groups in total. The van der Waals surface area contributed by atoms with Gasteiger partial charge in [0.05, 0.1) is 17.0 Å². The first-order valence-corrected chi connectivity index (χ1v) is 9.03. The first kappa shape index (κ1) is 16.8. The monoisotopic (exact) mass is 388 g/mol. The third-order valence-corrected chi connectivity index (χ3v) is 4.70. The van der Waals surface area contributed by atoms with E-state index in [1.165, 1.54) is 11.8 Å². The van der Waals surface area contributed by atoms with Crippen LogP contribution < -0.4 is 0 Å². The first-order chi connectivity index (χ1) is 12.6. The summed E-state index contributed by atoms with van der Waals surface area (Å²) in [6, 6.07) is 9.17. The van der Waals surface area contributed by atoms with Crippen molar-refractivity contribution in [3.8, 4) is 17.1 Å². The van der Waals surface area contributed by atoms with Crippen LogP contribution in [-0.2, 0) is 5.75 Å². The summed E-state index contributed by atoms with van der Waals surface area (Å²) in [6.07, 6.45) is 0. The number of benzene rings is 1. The van der Waals surface area contributed by atoms with Gasteiger partial charge in [0, 0.05) is 5.02 Å². The lowest BCUT2D eigenvalue weighted by Crippen LogP contribution is -1.99. The highest BCUT2D eigenvalue weighted by Gasteiger charge is 2.16. The Morgan fingerprint density at radius 2 is 2.00 bits per heavy atom. The number of rotatable bonds is 5. The second-order valence-electron chi connectivity index (χ2n) is 5.47. The maximum absolute atomic E-state index is 6.03. The summed E-state index contributed by atoms with van der Waals surface area (Å²) in [4.78, 5) is 0. The van der Waals surface area contributed by atoms with E-state index < -0.39 is 0 Å². The molecule has 8 nitrogen and oxygen atoms in total. The molecule has 0 atom stereocenters. The molecule has 10 heteroatoms. The molecule has 4 rings (SSSR count). The number of aromatic nitrogens is 6. The number of thioether (sulfide) groups is 1. The highest BCUT2D eigenvalue weighted by molar-refractivity contribution is 7.98. The third-order valence-electron chi connectivity index (χ3n) is 3.56. The van der Waals surface area contributed by atoms with Crippen LogP contribution in [0.15, 0.2) is 44.3 Å². The van der Waals surface area contributed by atoms with Crippen LogP contribution in [0.5, 0.6) is 0 Å². The Labute approximate surface area is 157 Å². The predicted molar refractivity (Wildman–Crippen MR) is 95.2 cm³/mol. The lowest BCUT2D eigenvalue weighted by atomic mass is 10.2. The fourth-order valence-corrected chi connectivity index (χ4v) is 3.34. The molecule has 1 aromatic carbocycles. The molecule has 26 heavy (non-hydrogen) atoms. The fraction of sp³-hybridized carbons (Fsp3) is 0.188. The van der Waals surface area contributed by atoms with E-state index >= 15 is 0 Å². The van der Waals surface area contributed by atoms with Gasteiger partial charge in [-0.3, -0.25) is 0 Å². The van der Waals surface area contributed by atoms with Crippen molar-refractivity contribution < 1.29 is 8.83 Å². The summed E-state index contributed by atoms with van der Waals surface area (Å²) in [5.41, 5.74) is 1.58. The summed E-state index contributed by atoms with van der Waals surface area (Å²) in [5, 5.41) is 21.1. The molecular formula is C16H13ClN6O2S. The van der Waals surface area contributed by atoms with Gasteiger partial charge in [0.2, 0.25) is 11.0 Å². The molecule has 0 aliphatic heterocycles. The zero-order chi connectivity index (χ0) is 18.1. The van der Waals surface area contributed by atoms with Crippen molar-refractivity contribution in [2.24, 2.45) is 0 Å². The number of tetrazole rings is 1. The molecule has 0 bridgehead atoms. The predicted octanol–water partition coefficient (Wildman–Crippen LogP) is 3.87. The lowest BCUT2D eigenvalue weighted by Gasteiger charge is -2.03. The van der Waals surface area contributed by atoms with Crippen molar-refractivity contribution in [1.29, 1.82) is 0 Å². The Balaban J connectivity index is 1.51. The zero-order valence-electron chi connectivity index (χ0n) is 13.9. The molecule has 0 amide bonds. The maximum Gasteiger partial charge on any atom is 0.251 e. The SMILES string of the molecule is Cc1cc(-c2nnc(CSc3nnnn3-c3cccc(Cl)c3)o2)c(C)o1. The van der Waals surface area contributed by atoms with Gasteiger partial charge in [0.1, 0.15) is 11.5 Å². The molecule has 0 aliphatic rings. The van der Waals surface area contributed by atoms with E-state index in [1.807, 2.05) is 32.0 Å². The first-order valence-electron chi connectivity index (χ1n) is 7.67. The molecule has 0 saturated heterocycles. The number of halogens is 1. The minimum Gasteiger partial charge on any atom is -0.466 e. The molecule has 3 aromatic heterocycles. The summed E-state index contributed by atoms with van der Waals surface area (Å²) in [6.45, 7) is 3.74. The van der Waals surface area contributed by atoms with E-state index in [0.717, 1.165) is 22.8 Å². The second-order valence-corrected chi connectivity index (χ2v) is 6.85. The zero-order valence-corrected chi connectivity index (χ0v) is 15.5. The third kappa shape index (κ3) is 3.35. The topological polar surface area (TPSA) is 95.7 Å². The highest BCUT2D eigenvalue weighted by Crippen LogP contribution is 2.28. The van der Waals surface area contributed by atoms with Crippen molar-refractivity contribution in [1.82, 2.24) is 30.4 Å². The van der Waals surface area contributed by atoms with Gasteiger partial charge in [-0.15, -0.1) is 15.3 Å². The Kier molecular flexibility index (Phi) is 4.48. The standard InChI is InChI=1S/C16H13ClN6O2S/c1-9-6-13(10(2)24-9)15-19-18-14(25-15)8-26-16-20-21-22-23(16)12-5-3-4-11(17)7-12/h3-7H,8H2,1-2H3. The van der Waals surface area contributed by atoms with Crippen molar-refractivity contribution in [2.75, 3.05) is 0 Å². The molecule has 132 valence electrons. The van der Waals surface area contributed by atoms with Crippen LogP contribution in [-0.4, -0.2) is 30.4 Å². The smallest absolute Gasteiger partial charge is 0.251 e. The van der Waals surface area contributed by atoms with Crippen LogP contribution >= 0.6 is 23.4 Å². The van der Waals surface area contributed by atoms with Gasteiger partial charge in [-0.05, 0) is 48.5 Å².